The summed E-state index contributed by atoms with van der Waals surface area (Å²) in [6.07, 6.45) is 2.49. The van der Waals surface area contributed by atoms with Crippen LogP contribution in [-0.4, -0.2) is 6.21 Å². The topological polar surface area (TPSA) is 23.9 Å². The molecule has 1 aromatic rings. The lowest BCUT2D eigenvalue weighted by molar-refractivity contribution is 0.855. The SMILES string of the molecule is CC[C@@H](C=N)c1cc[c]cc1. The summed E-state index contributed by atoms with van der Waals surface area (Å²) in [6.45, 7) is 2.09. The fourth-order valence-electron chi connectivity index (χ4n) is 1.10. The van der Waals surface area contributed by atoms with Gasteiger partial charge < -0.3 is 5.41 Å². The number of benzene rings is 1. The molecule has 1 atom stereocenters. The Bertz CT molecular complexity index is 216. The largest absolute Gasteiger partial charge is 0.312 e. The van der Waals surface area contributed by atoms with E-state index in [-0.39, 0.29) is 5.92 Å². The van der Waals surface area contributed by atoms with Crippen molar-refractivity contribution in [2.75, 3.05) is 0 Å². The molecule has 0 fully saturated rings. The molecular weight excluding hydrogens is 134 g/mol. The molecule has 0 heterocycles. The first kappa shape index (κ1) is 7.99. The number of hydrogen-bond donors (Lipinski definition) is 1. The Labute approximate surface area is 67.6 Å². The van der Waals surface area contributed by atoms with Gasteiger partial charge in [-0.3, -0.25) is 0 Å². The molecule has 0 saturated heterocycles. The Morgan fingerprint density at radius 1 is 1.55 bits per heavy atom. The molecule has 1 radical (unpaired) electrons. The van der Waals surface area contributed by atoms with Gasteiger partial charge in [0.25, 0.3) is 0 Å². The molecule has 1 N–H and O–H groups in total. The van der Waals surface area contributed by atoms with Crippen LogP contribution in [0.15, 0.2) is 24.3 Å². The molecule has 0 aliphatic heterocycles. The Morgan fingerprint density at radius 3 is 2.64 bits per heavy atom. The van der Waals surface area contributed by atoms with E-state index in [0.717, 1.165) is 6.42 Å². The number of hydrogen-bond acceptors (Lipinski definition) is 1. The quantitative estimate of drug-likeness (QED) is 0.634. The van der Waals surface area contributed by atoms with Crippen LogP contribution in [0.3, 0.4) is 0 Å². The van der Waals surface area contributed by atoms with Crippen molar-refractivity contribution in [2.24, 2.45) is 0 Å². The van der Waals surface area contributed by atoms with Crippen LogP contribution >= 0.6 is 0 Å². The van der Waals surface area contributed by atoms with Crippen LogP contribution in [0.5, 0.6) is 0 Å². The van der Waals surface area contributed by atoms with Crippen molar-refractivity contribution >= 4 is 6.21 Å². The molecule has 11 heavy (non-hydrogen) atoms. The molecule has 1 nitrogen and oxygen atoms in total. The molecule has 0 spiro atoms. The van der Waals surface area contributed by atoms with E-state index in [1.165, 1.54) is 11.8 Å². The molecule has 0 amide bonds. The second-order valence-electron chi connectivity index (χ2n) is 2.51. The Morgan fingerprint density at radius 2 is 2.18 bits per heavy atom. The molecule has 1 rings (SSSR count). The minimum Gasteiger partial charge on any atom is -0.312 e. The molecule has 0 aromatic heterocycles. The summed E-state index contributed by atoms with van der Waals surface area (Å²) < 4.78 is 0. The van der Waals surface area contributed by atoms with Gasteiger partial charge in [-0.2, -0.15) is 0 Å². The van der Waals surface area contributed by atoms with Gasteiger partial charge in [0, 0.05) is 12.1 Å². The first-order valence-electron chi connectivity index (χ1n) is 3.85. The van der Waals surface area contributed by atoms with E-state index in [2.05, 4.69) is 13.0 Å². The molecule has 0 saturated carbocycles. The average molecular weight is 146 g/mol. The van der Waals surface area contributed by atoms with E-state index in [9.17, 15) is 0 Å². The predicted octanol–water partition coefficient (Wildman–Crippen LogP) is 2.63. The maximum atomic E-state index is 7.16. The Hall–Kier alpha value is -1.11. The van der Waals surface area contributed by atoms with Crippen molar-refractivity contribution in [1.82, 2.24) is 0 Å². The molecule has 57 valence electrons. The number of rotatable bonds is 3. The van der Waals surface area contributed by atoms with Crippen molar-refractivity contribution in [2.45, 2.75) is 19.3 Å². The predicted molar refractivity (Wildman–Crippen MR) is 47.1 cm³/mol. The lowest BCUT2D eigenvalue weighted by Crippen LogP contribution is -1.96. The molecule has 1 heteroatoms. The highest BCUT2D eigenvalue weighted by Gasteiger charge is 2.02. The highest BCUT2D eigenvalue weighted by atomic mass is 14.3. The van der Waals surface area contributed by atoms with Crippen LogP contribution in [0, 0.1) is 11.5 Å². The van der Waals surface area contributed by atoms with Crippen molar-refractivity contribution in [1.29, 1.82) is 5.41 Å². The smallest absolute Gasteiger partial charge is 0.0183 e. The standard InChI is InChI=1S/C10H12N/c1-2-9(8-11)10-6-4-3-5-7-10/h4-9,11H,2H2,1H3/t9-/m0/s1. The maximum Gasteiger partial charge on any atom is 0.0183 e. The summed E-state index contributed by atoms with van der Waals surface area (Å²) in [7, 11) is 0. The van der Waals surface area contributed by atoms with Gasteiger partial charge in [0.2, 0.25) is 0 Å². The van der Waals surface area contributed by atoms with Crippen LogP contribution in [0.25, 0.3) is 0 Å². The van der Waals surface area contributed by atoms with Gasteiger partial charge in [0.1, 0.15) is 0 Å². The van der Waals surface area contributed by atoms with Gasteiger partial charge in [-0.15, -0.1) is 0 Å². The van der Waals surface area contributed by atoms with Gasteiger partial charge in [0.05, 0.1) is 0 Å². The summed E-state index contributed by atoms with van der Waals surface area (Å²) >= 11 is 0. The van der Waals surface area contributed by atoms with E-state index in [1.54, 1.807) is 0 Å². The third-order valence-corrected chi connectivity index (χ3v) is 1.81. The molecule has 0 unspecified atom stereocenters. The van der Waals surface area contributed by atoms with E-state index < -0.39 is 0 Å². The molecule has 1 aromatic carbocycles. The highest BCUT2D eigenvalue weighted by molar-refractivity contribution is 5.64. The second-order valence-corrected chi connectivity index (χ2v) is 2.51. The van der Waals surface area contributed by atoms with Gasteiger partial charge in [0.15, 0.2) is 0 Å². The molecular formula is C10H12N. The third kappa shape index (κ3) is 1.90. The van der Waals surface area contributed by atoms with E-state index >= 15 is 0 Å². The fourth-order valence-corrected chi connectivity index (χ4v) is 1.10. The Balaban J connectivity index is 2.82. The first-order chi connectivity index (χ1) is 5.38. The van der Waals surface area contributed by atoms with Crippen molar-refractivity contribution in [3.05, 3.63) is 35.9 Å². The zero-order chi connectivity index (χ0) is 8.10. The minimum absolute atomic E-state index is 0.282. The normalized spacial score (nSPS) is 12.5. The van der Waals surface area contributed by atoms with Crippen molar-refractivity contribution in [3.63, 3.8) is 0 Å². The zero-order valence-corrected chi connectivity index (χ0v) is 6.67. The highest BCUT2D eigenvalue weighted by Crippen LogP contribution is 2.15. The van der Waals surface area contributed by atoms with Crippen LogP contribution in [0.4, 0.5) is 0 Å². The van der Waals surface area contributed by atoms with Gasteiger partial charge in [-0.1, -0.05) is 31.2 Å². The van der Waals surface area contributed by atoms with Crippen molar-refractivity contribution < 1.29 is 0 Å². The zero-order valence-electron chi connectivity index (χ0n) is 6.67. The second kappa shape index (κ2) is 3.91. The average Bonchev–Trinajstić information content (AvgIpc) is 2.09. The maximum absolute atomic E-state index is 7.16. The summed E-state index contributed by atoms with van der Waals surface area (Å²) in [5, 5.41) is 7.16. The van der Waals surface area contributed by atoms with Crippen LogP contribution < -0.4 is 0 Å². The molecule has 0 bridgehead atoms. The lowest BCUT2D eigenvalue weighted by Gasteiger charge is -2.07. The first-order valence-corrected chi connectivity index (χ1v) is 3.85. The molecule has 0 aliphatic rings. The van der Waals surface area contributed by atoms with Gasteiger partial charge >= 0.3 is 0 Å². The molecule has 0 aliphatic carbocycles. The lowest BCUT2D eigenvalue weighted by atomic mass is 9.98. The monoisotopic (exact) mass is 146 g/mol. The summed E-state index contributed by atoms with van der Waals surface area (Å²) in [5.74, 6) is 0.282. The van der Waals surface area contributed by atoms with Crippen LogP contribution in [0.2, 0.25) is 0 Å². The summed E-state index contributed by atoms with van der Waals surface area (Å²) in [6, 6.07) is 10.8. The van der Waals surface area contributed by atoms with Crippen molar-refractivity contribution in [3.8, 4) is 0 Å². The van der Waals surface area contributed by atoms with Gasteiger partial charge in [-0.05, 0) is 18.1 Å². The fraction of sp³-hybridized carbons (Fsp3) is 0.300. The minimum atomic E-state index is 0.282. The van der Waals surface area contributed by atoms with E-state index in [1.807, 2.05) is 24.3 Å². The summed E-state index contributed by atoms with van der Waals surface area (Å²) in [4.78, 5) is 0. The number of nitrogens with one attached hydrogen (secondary N) is 1. The Kier molecular flexibility index (Phi) is 2.84. The van der Waals surface area contributed by atoms with Crippen LogP contribution in [-0.2, 0) is 0 Å². The van der Waals surface area contributed by atoms with Crippen LogP contribution in [0.1, 0.15) is 24.8 Å². The van der Waals surface area contributed by atoms with Gasteiger partial charge in [-0.25, -0.2) is 0 Å². The van der Waals surface area contributed by atoms with E-state index in [0.29, 0.717) is 0 Å². The van der Waals surface area contributed by atoms with E-state index in [4.69, 9.17) is 5.41 Å². The third-order valence-electron chi connectivity index (χ3n) is 1.81. The summed E-state index contributed by atoms with van der Waals surface area (Å²) in [5.41, 5.74) is 1.21.